The molecule has 0 radical (unpaired) electrons. The average Bonchev–Trinajstić information content (AvgIpc) is 2.40. The zero-order valence-electron chi connectivity index (χ0n) is 12.3. The first-order valence-corrected chi connectivity index (χ1v) is 7.94. The third-order valence-electron chi connectivity index (χ3n) is 3.26. The molecule has 0 aliphatic heterocycles. The van der Waals surface area contributed by atoms with E-state index < -0.39 is 23.1 Å². The quantitative estimate of drug-likeness (QED) is 0.539. The number of thioether (sulfide) groups is 1. The Hall–Kier alpha value is -1.14. The van der Waals surface area contributed by atoms with Crippen LogP contribution >= 0.6 is 11.8 Å². The number of likely N-dealkylation sites (N-methyl/N-ethyl adjacent to an activating group) is 1. The maximum Gasteiger partial charge on any atom is 0.323 e. The van der Waals surface area contributed by atoms with E-state index in [1.165, 1.54) is 23.9 Å². The number of carboxylic acids is 1. The lowest BCUT2D eigenvalue weighted by Crippen LogP contribution is -2.49. The normalized spacial score (nSPS) is 13.9. The minimum absolute atomic E-state index is 0.420. The first-order valence-electron chi connectivity index (χ1n) is 6.95. The van der Waals surface area contributed by atoms with E-state index in [9.17, 15) is 18.7 Å². The van der Waals surface area contributed by atoms with Gasteiger partial charge < -0.3 is 10.4 Å². The van der Waals surface area contributed by atoms with E-state index in [0.29, 0.717) is 23.6 Å². The highest BCUT2D eigenvalue weighted by Crippen LogP contribution is 2.24. The van der Waals surface area contributed by atoms with Crippen molar-refractivity contribution in [3.63, 3.8) is 0 Å². The molecular formula is C15H21F2NO2S. The molecule has 0 saturated carbocycles. The van der Waals surface area contributed by atoms with Crippen LogP contribution in [0.3, 0.4) is 0 Å². The van der Waals surface area contributed by atoms with Crippen molar-refractivity contribution in [2.24, 2.45) is 0 Å². The first kappa shape index (κ1) is 17.9. The highest BCUT2D eigenvalue weighted by molar-refractivity contribution is 7.99. The van der Waals surface area contributed by atoms with Crippen LogP contribution in [-0.4, -0.2) is 28.9 Å². The second-order valence-corrected chi connectivity index (χ2v) is 6.18. The summed E-state index contributed by atoms with van der Waals surface area (Å²) in [6, 6.07) is 3.53. The van der Waals surface area contributed by atoms with E-state index in [0.717, 1.165) is 18.9 Å². The number of aliphatic carboxylic acids is 1. The summed E-state index contributed by atoms with van der Waals surface area (Å²) in [5.41, 5.74) is -0.916. The smallest absolute Gasteiger partial charge is 0.323 e. The topological polar surface area (TPSA) is 49.3 Å². The van der Waals surface area contributed by atoms with Crippen LogP contribution in [0.15, 0.2) is 23.1 Å². The Kier molecular flexibility index (Phi) is 7.11. The molecule has 3 nitrogen and oxygen atoms in total. The lowest BCUT2D eigenvalue weighted by molar-refractivity contribution is -0.144. The number of hydrogen-bond acceptors (Lipinski definition) is 3. The van der Waals surface area contributed by atoms with Crippen LogP contribution in [0.4, 0.5) is 8.78 Å². The fourth-order valence-electron chi connectivity index (χ4n) is 2.02. The number of rotatable bonds is 9. The third-order valence-corrected chi connectivity index (χ3v) is 4.40. The molecule has 21 heavy (non-hydrogen) atoms. The number of benzene rings is 1. The number of hydrogen-bond donors (Lipinski definition) is 2. The van der Waals surface area contributed by atoms with Crippen molar-refractivity contribution in [3.8, 4) is 0 Å². The fraction of sp³-hybridized carbons (Fsp3) is 0.533. The molecule has 1 rings (SSSR count). The predicted molar refractivity (Wildman–Crippen MR) is 80.7 cm³/mol. The van der Waals surface area contributed by atoms with Crippen LogP contribution in [-0.2, 0) is 4.79 Å². The Morgan fingerprint density at radius 3 is 2.67 bits per heavy atom. The van der Waals surface area contributed by atoms with Crippen LogP contribution in [0.25, 0.3) is 0 Å². The van der Waals surface area contributed by atoms with Crippen LogP contribution in [0.5, 0.6) is 0 Å². The maximum absolute atomic E-state index is 13.4. The van der Waals surface area contributed by atoms with Crippen LogP contribution in [0.1, 0.15) is 33.1 Å². The summed E-state index contributed by atoms with van der Waals surface area (Å²) in [5, 5.41) is 12.2. The van der Waals surface area contributed by atoms with Crippen molar-refractivity contribution in [2.75, 3.05) is 12.3 Å². The summed E-state index contributed by atoms with van der Waals surface area (Å²) >= 11 is 1.32. The standard InChI is InChI=1S/C15H21F2NO2S/c1-3-18-15(2,14(19)20)8-4-5-9-21-13-7-6-11(16)10-12(13)17/h6-7,10,18H,3-5,8-9H2,1-2H3,(H,19,20). The van der Waals surface area contributed by atoms with Crippen LogP contribution < -0.4 is 5.32 Å². The SMILES string of the molecule is CCNC(C)(CCCCSc1ccc(F)cc1F)C(=O)O. The third kappa shape index (κ3) is 5.63. The molecular weight excluding hydrogens is 296 g/mol. The Morgan fingerprint density at radius 1 is 1.38 bits per heavy atom. The molecule has 0 spiro atoms. The minimum atomic E-state index is -0.916. The van der Waals surface area contributed by atoms with E-state index in [-0.39, 0.29) is 0 Å². The Morgan fingerprint density at radius 2 is 2.10 bits per heavy atom. The predicted octanol–water partition coefficient (Wildman–Crippen LogP) is 3.68. The van der Waals surface area contributed by atoms with Gasteiger partial charge in [-0.3, -0.25) is 4.79 Å². The van der Waals surface area contributed by atoms with Gasteiger partial charge in [-0.2, -0.15) is 0 Å². The minimum Gasteiger partial charge on any atom is -0.480 e. The largest absolute Gasteiger partial charge is 0.480 e. The van der Waals surface area contributed by atoms with Crippen molar-refractivity contribution in [2.45, 2.75) is 43.5 Å². The zero-order valence-corrected chi connectivity index (χ0v) is 13.1. The average molecular weight is 317 g/mol. The molecule has 0 saturated heterocycles. The molecule has 118 valence electrons. The molecule has 1 unspecified atom stereocenters. The lowest BCUT2D eigenvalue weighted by Gasteiger charge is -2.25. The number of carbonyl (C=O) groups is 1. The van der Waals surface area contributed by atoms with Gasteiger partial charge in [-0.25, -0.2) is 8.78 Å². The number of halogens is 2. The highest BCUT2D eigenvalue weighted by atomic mass is 32.2. The van der Waals surface area contributed by atoms with Gasteiger partial charge in [0.15, 0.2) is 0 Å². The van der Waals surface area contributed by atoms with Crippen molar-refractivity contribution < 1.29 is 18.7 Å². The molecule has 0 aliphatic rings. The highest BCUT2D eigenvalue weighted by Gasteiger charge is 2.30. The molecule has 0 bridgehead atoms. The summed E-state index contributed by atoms with van der Waals surface area (Å²) < 4.78 is 26.2. The Labute approximate surface area is 128 Å². The maximum atomic E-state index is 13.4. The van der Waals surface area contributed by atoms with Gasteiger partial charge in [0.05, 0.1) is 0 Å². The van der Waals surface area contributed by atoms with E-state index in [2.05, 4.69) is 5.32 Å². The second kappa shape index (κ2) is 8.34. The van der Waals surface area contributed by atoms with Crippen molar-refractivity contribution in [1.29, 1.82) is 0 Å². The molecule has 1 aromatic rings. The fourth-order valence-corrected chi connectivity index (χ4v) is 2.95. The summed E-state index contributed by atoms with van der Waals surface area (Å²) in [6.45, 7) is 4.14. The molecule has 1 aromatic carbocycles. The Bertz CT molecular complexity index is 485. The number of nitrogens with one attached hydrogen (secondary N) is 1. The van der Waals surface area contributed by atoms with Crippen molar-refractivity contribution >= 4 is 17.7 Å². The monoisotopic (exact) mass is 317 g/mol. The second-order valence-electron chi connectivity index (χ2n) is 5.05. The van der Waals surface area contributed by atoms with Crippen molar-refractivity contribution in [1.82, 2.24) is 5.32 Å². The summed E-state index contributed by atoms with van der Waals surface area (Å²) in [6.07, 6.45) is 2.02. The van der Waals surface area contributed by atoms with Gasteiger partial charge in [0.1, 0.15) is 17.2 Å². The molecule has 0 aliphatic carbocycles. The molecule has 6 heteroatoms. The van der Waals surface area contributed by atoms with Gasteiger partial charge in [0, 0.05) is 11.0 Å². The van der Waals surface area contributed by atoms with Gasteiger partial charge in [-0.15, -0.1) is 11.8 Å². The summed E-state index contributed by atoms with van der Waals surface area (Å²) in [4.78, 5) is 11.6. The molecule has 2 N–H and O–H groups in total. The Balaban J connectivity index is 2.35. The van der Waals surface area contributed by atoms with Gasteiger partial charge in [0.2, 0.25) is 0 Å². The van der Waals surface area contributed by atoms with Gasteiger partial charge >= 0.3 is 5.97 Å². The molecule has 0 amide bonds. The summed E-state index contributed by atoms with van der Waals surface area (Å²) in [7, 11) is 0. The molecule has 0 aromatic heterocycles. The van der Waals surface area contributed by atoms with E-state index in [4.69, 9.17) is 0 Å². The van der Waals surface area contributed by atoms with Crippen molar-refractivity contribution in [3.05, 3.63) is 29.8 Å². The van der Waals surface area contributed by atoms with E-state index >= 15 is 0 Å². The lowest BCUT2D eigenvalue weighted by atomic mass is 9.95. The number of carboxylic acid groups (broad SMARTS) is 1. The molecule has 0 heterocycles. The van der Waals surface area contributed by atoms with Crippen LogP contribution in [0.2, 0.25) is 0 Å². The summed E-state index contributed by atoms with van der Waals surface area (Å²) in [5.74, 6) is -1.32. The van der Waals surface area contributed by atoms with Gasteiger partial charge in [-0.05, 0) is 44.2 Å². The van der Waals surface area contributed by atoms with Gasteiger partial charge in [-0.1, -0.05) is 13.3 Å². The van der Waals surface area contributed by atoms with Gasteiger partial charge in [0.25, 0.3) is 0 Å². The molecule has 0 fully saturated rings. The first-order chi connectivity index (χ1) is 9.89. The zero-order chi connectivity index (χ0) is 15.9. The van der Waals surface area contributed by atoms with E-state index in [1.54, 1.807) is 6.92 Å². The van der Waals surface area contributed by atoms with E-state index in [1.807, 2.05) is 6.92 Å². The number of unbranched alkanes of at least 4 members (excludes halogenated alkanes) is 1. The van der Waals surface area contributed by atoms with Crippen LogP contribution in [0, 0.1) is 11.6 Å². The molecule has 1 atom stereocenters.